The number of aromatic nitrogens is 6. The maximum absolute atomic E-state index is 13.0. The lowest BCUT2D eigenvalue weighted by Gasteiger charge is -2.05. The molecule has 0 atom stereocenters. The van der Waals surface area contributed by atoms with E-state index in [2.05, 4.69) is 30.5 Å². The van der Waals surface area contributed by atoms with E-state index in [0.717, 1.165) is 17.1 Å². The van der Waals surface area contributed by atoms with Crippen molar-refractivity contribution in [2.75, 3.05) is 5.32 Å². The molecule has 0 unspecified atom stereocenters. The highest BCUT2D eigenvalue weighted by atomic mass is 19.1. The van der Waals surface area contributed by atoms with Gasteiger partial charge in [0.1, 0.15) is 17.7 Å². The van der Waals surface area contributed by atoms with Gasteiger partial charge in [0, 0.05) is 24.2 Å². The molecule has 1 saturated carbocycles. The van der Waals surface area contributed by atoms with Crippen LogP contribution < -0.4 is 5.32 Å². The minimum Gasteiger partial charge on any atom is -0.350 e. The summed E-state index contributed by atoms with van der Waals surface area (Å²) >= 11 is 0. The molecular formula is C18H16FN7. The Labute approximate surface area is 148 Å². The van der Waals surface area contributed by atoms with Gasteiger partial charge in [0.25, 0.3) is 0 Å². The van der Waals surface area contributed by atoms with Gasteiger partial charge in [-0.3, -0.25) is 9.67 Å². The summed E-state index contributed by atoms with van der Waals surface area (Å²) < 4.78 is 14.8. The first-order valence-electron chi connectivity index (χ1n) is 8.50. The number of fused-ring (bicyclic) bond motifs is 1. The molecule has 7 nitrogen and oxygen atoms in total. The molecule has 0 saturated heterocycles. The van der Waals surface area contributed by atoms with E-state index in [9.17, 15) is 4.39 Å². The summed E-state index contributed by atoms with van der Waals surface area (Å²) in [4.78, 5) is 13.2. The van der Waals surface area contributed by atoms with E-state index in [-0.39, 0.29) is 5.82 Å². The van der Waals surface area contributed by atoms with Crippen molar-refractivity contribution < 1.29 is 4.39 Å². The first kappa shape index (κ1) is 15.0. The summed E-state index contributed by atoms with van der Waals surface area (Å²) in [6.07, 6.45) is 5.81. The first-order valence-corrected chi connectivity index (χ1v) is 8.50. The standard InChI is InChI=1S/C18H16FN7/c19-13-5-1-11(2-6-13)8-20-18-21-9-15-17(23-18)26(10-22-15)16-7-14(24-25-16)12-3-4-12/h1-2,5-7,9-10,12H,3-4,8H2,(H,24,25)(H,20,21,23). The Morgan fingerprint density at radius 2 is 2.04 bits per heavy atom. The van der Waals surface area contributed by atoms with Crippen LogP contribution in [0.1, 0.15) is 30.0 Å². The second-order valence-electron chi connectivity index (χ2n) is 6.45. The molecule has 4 aromatic rings. The molecule has 3 aromatic heterocycles. The lowest BCUT2D eigenvalue weighted by atomic mass is 10.2. The lowest BCUT2D eigenvalue weighted by molar-refractivity contribution is 0.627. The second-order valence-corrected chi connectivity index (χ2v) is 6.45. The van der Waals surface area contributed by atoms with Crippen molar-refractivity contribution in [2.24, 2.45) is 0 Å². The molecule has 3 heterocycles. The number of nitrogens with one attached hydrogen (secondary N) is 2. The third-order valence-electron chi connectivity index (χ3n) is 4.50. The number of benzene rings is 1. The number of rotatable bonds is 5. The minimum atomic E-state index is -0.250. The van der Waals surface area contributed by atoms with E-state index >= 15 is 0 Å². The molecule has 1 fully saturated rings. The Morgan fingerprint density at radius 1 is 1.19 bits per heavy atom. The Morgan fingerprint density at radius 3 is 2.85 bits per heavy atom. The van der Waals surface area contributed by atoms with E-state index in [0.29, 0.717) is 29.6 Å². The predicted octanol–water partition coefficient (Wildman–Crippen LogP) is 3.17. The summed E-state index contributed by atoms with van der Waals surface area (Å²) in [6, 6.07) is 8.38. The normalized spacial score (nSPS) is 14.0. The molecule has 5 rings (SSSR count). The van der Waals surface area contributed by atoms with Gasteiger partial charge >= 0.3 is 0 Å². The first-order chi connectivity index (χ1) is 12.8. The van der Waals surface area contributed by atoms with Crippen LogP contribution in [0.3, 0.4) is 0 Å². The van der Waals surface area contributed by atoms with Gasteiger partial charge in [-0.1, -0.05) is 12.1 Å². The molecule has 2 N–H and O–H groups in total. The van der Waals surface area contributed by atoms with E-state index in [1.54, 1.807) is 24.7 Å². The fraction of sp³-hybridized carbons (Fsp3) is 0.222. The summed E-state index contributed by atoms with van der Waals surface area (Å²) in [5, 5.41) is 10.6. The molecule has 0 radical (unpaired) electrons. The molecule has 0 spiro atoms. The van der Waals surface area contributed by atoms with Gasteiger partial charge < -0.3 is 5.32 Å². The number of hydrogen-bond donors (Lipinski definition) is 2. The highest BCUT2D eigenvalue weighted by Gasteiger charge is 2.26. The maximum atomic E-state index is 13.0. The van der Waals surface area contributed by atoms with Gasteiger partial charge in [-0.25, -0.2) is 14.4 Å². The number of H-pyrrole nitrogens is 1. The Balaban J connectivity index is 1.41. The molecule has 0 bridgehead atoms. The number of anilines is 1. The predicted molar refractivity (Wildman–Crippen MR) is 94.5 cm³/mol. The van der Waals surface area contributed by atoms with Crippen LogP contribution in [-0.4, -0.2) is 29.7 Å². The molecule has 130 valence electrons. The molecule has 26 heavy (non-hydrogen) atoms. The van der Waals surface area contributed by atoms with Gasteiger partial charge in [-0.15, -0.1) is 0 Å². The van der Waals surface area contributed by atoms with E-state index < -0.39 is 0 Å². The molecule has 8 heteroatoms. The van der Waals surface area contributed by atoms with Crippen molar-refractivity contribution >= 4 is 17.1 Å². The topological polar surface area (TPSA) is 84.3 Å². The number of hydrogen-bond acceptors (Lipinski definition) is 5. The van der Waals surface area contributed by atoms with E-state index in [4.69, 9.17) is 0 Å². The van der Waals surface area contributed by atoms with Gasteiger partial charge in [-0.05, 0) is 30.5 Å². The van der Waals surface area contributed by atoms with Crippen molar-refractivity contribution in [1.29, 1.82) is 0 Å². The Kier molecular flexibility index (Phi) is 3.41. The van der Waals surface area contributed by atoms with Crippen LogP contribution in [0.2, 0.25) is 0 Å². The van der Waals surface area contributed by atoms with E-state index in [1.165, 1.54) is 25.0 Å². The molecule has 1 aliphatic carbocycles. The van der Waals surface area contributed by atoms with Crippen molar-refractivity contribution in [3.05, 3.63) is 59.9 Å². The third-order valence-corrected chi connectivity index (χ3v) is 4.50. The summed E-state index contributed by atoms with van der Waals surface area (Å²) in [5.41, 5.74) is 3.50. The van der Waals surface area contributed by atoms with Gasteiger partial charge in [0.05, 0.1) is 6.20 Å². The second kappa shape index (κ2) is 5.91. The number of nitrogens with zero attached hydrogens (tertiary/aromatic N) is 5. The Hall–Kier alpha value is -3.29. The molecule has 0 amide bonds. The van der Waals surface area contributed by atoms with Crippen LogP contribution in [0, 0.1) is 5.82 Å². The zero-order chi connectivity index (χ0) is 17.5. The number of halogens is 1. The average molecular weight is 349 g/mol. The molecule has 0 aliphatic heterocycles. The van der Waals surface area contributed by atoms with Crippen LogP contribution in [0.5, 0.6) is 0 Å². The van der Waals surface area contributed by atoms with Crippen LogP contribution in [0.25, 0.3) is 17.0 Å². The summed E-state index contributed by atoms with van der Waals surface area (Å²) in [5.74, 6) is 1.62. The molecule has 1 aromatic carbocycles. The van der Waals surface area contributed by atoms with Crippen LogP contribution in [0.15, 0.2) is 42.9 Å². The van der Waals surface area contributed by atoms with Crippen molar-refractivity contribution in [3.63, 3.8) is 0 Å². The van der Waals surface area contributed by atoms with Crippen LogP contribution in [0.4, 0.5) is 10.3 Å². The summed E-state index contributed by atoms with van der Waals surface area (Å²) in [6.45, 7) is 0.508. The van der Waals surface area contributed by atoms with Crippen molar-refractivity contribution in [2.45, 2.75) is 25.3 Å². The van der Waals surface area contributed by atoms with Gasteiger partial charge in [0.15, 0.2) is 11.5 Å². The minimum absolute atomic E-state index is 0.250. The zero-order valence-corrected chi connectivity index (χ0v) is 13.9. The van der Waals surface area contributed by atoms with E-state index in [1.807, 2.05) is 10.6 Å². The largest absolute Gasteiger partial charge is 0.350 e. The number of aromatic amines is 1. The van der Waals surface area contributed by atoms with Crippen LogP contribution >= 0.6 is 0 Å². The van der Waals surface area contributed by atoms with Crippen molar-refractivity contribution in [3.8, 4) is 5.82 Å². The Bertz CT molecular complexity index is 1060. The average Bonchev–Trinajstić information content (AvgIpc) is 3.25. The van der Waals surface area contributed by atoms with Gasteiger partial charge in [0.2, 0.25) is 5.95 Å². The van der Waals surface area contributed by atoms with Gasteiger partial charge in [-0.2, -0.15) is 10.1 Å². The fourth-order valence-corrected chi connectivity index (χ4v) is 2.90. The molecular weight excluding hydrogens is 333 g/mol. The van der Waals surface area contributed by atoms with Crippen LogP contribution in [-0.2, 0) is 6.54 Å². The highest BCUT2D eigenvalue weighted by Crippen LogP contribution is 2.39. The SMILES string of the molecule is Fc1ccc(CNc2ncc3ncn(-c4cc(C5CC5)[nH]n4)c3n2)cc1. The molecule has 1 aliphatic rings. The zero-order valence-electron chi connectivity index (χ0n) is 13.9. The quantitative estimate of drug-likeness (QED) is 0.578. The monoisotopic (exact) mass is 349 g/mol. The number of imidazole rings is 1. The summed E-state index contributed by atoms with van der Waals surface area (Å²) in [7, 11) is 0. The highest BCUT2D eigenvalue weighted by molar-refractivity contribution is 5.72. The van der Waals surface area contributed by atoms with Crippen molar-refractivity contribution in [1.82, 2.24) is 29.7 Å². The lowest BCUT2D eigenvalue weighted by Crippen LogP contribution is -2.04. The maximum Gasteiger partial charge on any atom is 0.225 e. The fourth-order valence-electron chi connectivity index (χ4n) is 2.90. The smallest absolute Gasteiger partial charge is 0.225 e. The third kappa shape index (κ3) is 2.79.